The molecule has 0 saturated carbocycles. The van der Waals surface area contributed by atoms with Gasteiger partial charge in [-0.15, -0.1) is 0 Å². The lowest BCUT2D eigenvalue weighted by atomic mass is 9.64. The highest BCUT2D eigenvalue weighted by atomic mass is 16.3. The van der Waals surface area contributed by atoms with E-state index in [9.17, 15) is 20.4 Å². The van der Waals surface area contributed by atoms with Crippen molar-refractivity contribution < 1.29 is 20.4 Å². The summed E-state index contributed by atoms with van der Waals surface area (Å²) in [5, 5.41) is 48.3. The minimum Gasteiger partial charge on any atom is -0.507 e. The van der Waals surface area contributed by atoms with Crippen molar-refractivity contribution in [2.45, 2.75) is 274 Å². The third kappa shape index (κ3) is 14.9. The Bertz CT molecular complexity index is 2200. The van der Waals surface area contributed by atoms with Crippen LogP contribution in [-0.2, 0) is 69.0 Å². The Balaban J connectivity index is 2.24. The first-order chi connectivity index (χ1) is 32.3. The number of rotatable bonds is 14. The highest BCUT2D eigenvalue weighted by molar-refractivity contribution is 5.54. The number of benzene rings is 4. The summed E-state index contributed by atoms with van der Waals surface area (Å²) in [4.78, 5) is 0. The summed E-state index contributed by atoms with van der Waals surface area (Å²) in [5.74, 6) is 1.78. The molecule has 0 atom stereocenters. The van der Waals surface area contributed by atoms with Gasteiger partial charge in [0.15, 0.2) is 0 Å². The van der Waals surface area contributed by atoms with Gasteiger partial charge in [0, 0.05) is 0 Å². The van der Waals surface area contributed by atoms with Crippen molar-refractivity contribution >= 4 is 0 Å². The van der Waals surface area contributed by atoms with E-state index in [1.54, 1.807) is 0 Å². The standard InChI is InChI=1S/C68H106O4/c1-26-27-28-29-68(41-46-36-52(64(14,15)16)58(71)53(37-46)65(17,18)19,42-47-38-54(66(20,21)22)59(72)55(39-47)67(23,24)25)40-45(30-43-32-48(60(2,3)4)56(69)49(33-43)61(5,6)7)31-44-34-50(62(8,9)10)57(70)51(35-44)63(11,12)13/h32-39,45,69-72H,26-31,40-42H2,1-25H3. The van der Waals surface area contributed by atoms with Crippen LogP contribution in [-0.4, -0.2) is 20.4 Å². The van der Waals surface area contributed by atoms with Crippen LogP contribution in [0, 0.1) is 11.3 Å². The van der Waals surface area contributed by atoms with E-state index in [-0.39, 0.29) is 54.7 Å². The molecule has 4 N–H and O–H groups in total. The summed E-state index contributed by atoms with van der Waals surface area (Å²) in [6, 6.07) is 18.5. The fourth-order valence-corrected chi connectivity index (χ4v) is 11.4. The highest BCUT2D eigenvalue weighted by Gasteiger charge is 2.38. The van der Waals surface area contributed by atoms with Crippen LogP contribution in [0.1, 0.15) is 272 Å². The third-order valence-electron chi connectivity index (χ3n) is 15.4. The lowest BCUT2D eigenvalue weighted by Gasteiger charge is -2.40. The van der Waals surface area contributed by atoms with Crippen LogP contribution >= 0.6 is 0 Å². The Morgan fingerprint density at radius 1 is 0.319 bits per heavy atom. The lowest BCUT2D eigenvalue weighted by molar-refractivity contribution is 0.181. The van der Waals surface area contributed by atoms with Crippen molar-refractivity contribution in [3.63, 3.8) is 0 Å². The molecule has 4 aromatic rings. The molecule has 4 aromatic carbocycles. The average molecular weight is 988 g/mol. The predicted molar refractivity (Wildman–Crippen MR) is 312 cm³/mol. The zero-order valence-corrected chi connectivity index (χ0v) is 50.8. The smallest absolute Gasteiger partial charge is 0.123 e. The van der Waals surface area contributed by atoms with Crippen LogP contribution in [0.15, 0.2) is 48.5 Å². The lowest BCUT2D eigenvalue weighted by Crippen LogP contribution is -2.32. The number of aromatic hydroxyl groups is 4. The summed E-state index contributed by atoms with van der Waals surface area (Å²) in [6.45, 7) is 55.3. The molecule has 0 amide bonds. The molecule has 0 aromatic heterocycles. The van der Waals surface area contributed by atoms with Crippen LogP contribution in [0.25, 0.3) is 0 Å². The van der Waals surface area contributed by atoms with E-state index >= 15 is 0 Å². The minimum atomic E-state index is -0.281. The normalized spacial score (nSPS) is 13.9. The molecule has 0 saturated heterocycles. The van der Waals surface area contributed by atoms with Gasteiger partial charge in [-0.25, -0.2) is 0 Å². The quantitative estimate of drug-likeness (QED) is 0.0949. The van der Waals surface area contributed by atoms with Crippen molar-refractivity contribution in [1.82, 2.24) is 0 Å². The number of hydrogen-bond acceptors (Lipinski definition) is 4. The molecule has 402 valence electrons. The molecule has 0 bridgehead atoms. The largest absolute Gasteiger partial charge is 0.507 e. The van der Waals surface area contributed by atoms with Gasteiger partial charge in [-0.3, -0.25) is 0 Å². The van der Waals surface area contributed by atoms with Gasteiger partial charge in [0.1, 0.15) is 23.0 Å². The van der Waals surface area contributed by atoms with Crippen molar-refractivity contribution in [1.29, 1.82) is 0 Å². The molecule has 0 fully saturated rings. The summed E-state index contributed by atoms with van der Waals surface area (Å²) in [7, 11) is 0. The third-order valence-corrected chi connectivity index (χ3v) is 15.4. The van der Waals surface area contributed by atoms with E-state index in [4.69, 9.17) is 0 Å². The van der Waals surface area contributed by atoms with E-state index in [0.717, 1.165) is 102 Å². The molecule has 4 heteroatoms. The first-order valence-corrected chi connectivity index (χ1v) is 27.8. The van der Waals surface area contributed by atoms with Gasteiger partial charge in [-0.1, -0.05) is 241 Å². The molecule has 0 aliphatic heterocycles. The first kappa shape index (κ1) is 60.6. The second-order valence-electron chi connectivity index (χ2n) is 30.9. The average Bonchev–Trinajstić information content (AvgIpc) is 3.17. The van der Waals surface area contributed by atoms with E-state index in [1.807, 2.05) is 0 Å². The second kappa shape index (κ2) is 21.0. The summed E-state index contributed by atoms with van der Waals surface area (Å²) >= 11 is 0. The van der Waals surface area contributed by atoms with E-state index in [1.165, 1.54) is 22.3 Å². The van der Waals surface area contributed by atoms with E-state index in [0.29, 0.717) is 23.0 Å². The molecule has 4 nitrogen and oxygen atoms in total. The fourth-order valence-electron chi connectivity index (χ4n) is 11.4. The van der Waals surface area contributed by atoms with Crippen LogP contribution in [0.5, 0.6) is 23.0 Å². The zero-order valence-electron chi connectivity index (χ0n) is 50.8. The molecule has 72 heavy (non-hydrogen) atoms. The minimum absolute atomic E-state index is 0.157. The SMILES string of the molecule is CCCCCC(Cc1cc(C(C)(C)C)c(O)c(C(C)(C)C)c1)(Cc1cc(C(C)(C)C)c(O)c(C(C)(C)C)c1)CC(Cc1cc(C(C)(C)C)c(O)c(C(C)(C)C)c1)Cc1cc(C(C)(C)C)c(O)c(C(C)(C)C)c1. The maximum absolute atomic E-state index is 12.1. The van der Waals surface area contributed by atoms with Crippen molar-refractivity contribution in [3.8, 4) is 23.0 Å². The Kier molecular flexibility index (Phi) is 17.7. The maximum Gasteiger partial charge on any atom is 0.123 e. The van der Waals surface area contributed by atoms with E-state index < -0.39 is 0 Å². The number of hydrogen-bond donors (Lipinski definition) is 4. The highest BCUT2D eigenvalue weighted by Crippen LogP contribution is 2.49. The van der Waals surface area contributed by atoms with Crippen LogP contribution in [0.2, 0.25) is 0 Å². The van der Waals surface area contributed by atoms with Gasteiger partial charge in [-0.2, -0.15) is 0 Å². The van der Waals surface area contributed by atoms with Gasteiger partial charge < -0.3 is 20.4 Å². The summed E-state index contributed by atoms with van der Waals surface area (Å²) in [6.07, 6.45) is 8.51. The molecule has 4 rings (SSSR count). The van der Waals surface area contributed by atoms with Gasteiger partial charge in [-0.05, 0) is 160 Å². The van der Waals surface area contributed by atoms with Crippen LogP contribution < -0.4 is 0 Å². The van der Waals surface area contributed by atoms with Gasteiger partial charge in [0.25, 0.3) is 0 Å². The molecule has 0 unspecified atom stereocenters. The van der Waals surface area contributed by atoms with Crippen molar-refractivity contribution in [2.75, 3.05) is 0 Å². The van der Waals surface area contributed by atoms with Gasteiger partial charge >= 0.3 is 0 Å². The fraction of sp³-hybridized carbons (Fsp3) is 0.647. The summed E-state index contributed by atoms with van der Waals surface area (Å²) in [5.41, 5.74) is 10.4. The second-order valence-corrected chi connectivity index (χ2v) is 30.9. The number of unbranched alkanes of at least 4 members (excludes halogenated alkanes) is 2. The van der Waals surface area contributed by atoms with Crippen LogP contribution in [0.4, 0.5) is 0 Å². The Hall–Kier alpha value is -3.92. The Morgan fingerprint density at radius 2 is 0.528 bits per heavy atom. The Labute approximate surface area is 442 Å². The van der Waals surface area contributed by atoms with Crippen molar-refractivity contribution in [2.24, 2.45) is 11.3 Å². The molecular weight excluding hydrogens is 881 g/mol. The first-order valence-electron chi connectivity index (χ1n) is 27.8. The monoisotopic (exact) mass is 987 g/mol. The van der Waals surface area contributed by atoms with Crippen molar-refractivity contribution in [3.05, 3.63) is 115 Å². The molecular formula is C68H106O4. The van der Waals surface area contributed by atoms with Gasteiger partial charge in [0.05, 0.1) is 0 Å². The predicted octanol–water partition coefficient (Wildman–Crippen LogP) is 18.7. The zero-order chi connectivity index (χ0) is 55.3. The molecule has 0 spiro atoms. The van der Waals surface area contributed by atoms with Gasteiger partial charge in [0.2, 0.25) is 0 Å². The van der Waals surface area contributed by atoms with E-state index in [2.05, 4.69) is 222 Å². The maximum atomic E-state index is 12.1. The molecule has 0 aliphatic rings. The molecule has 0 heterocycles. The Morgan fingerprint density at radius 3 is 0.722 bits per heavy atom. The topological polar surface area (TPSA) is 80.9 Å². The number of phenolic OH excluding ortho intramolecular Hbond substituents is 4. The van der Waals surface area contributed by atoms with Crippen LogP contribution in [0.3, 0.4) is 0 Å². The molecule has 0 radical (unpaired) electrons. The molecule has 0 aliphatic carbocycles. The number of phenols is 4. The summed E-state index contributed by atoms with van der Waals surface area (Å²) < 4.78 is 0.